The van der Waals surface area contributed by atoms with Crippen LogP contribution in [0.1, 0.15) is 11.1 Å². The van der Waals surface area contributed by atoms with Gasteiger partial charge >= 0.3 is 0 Å². The number of hydrogen-bond acceptors (Lipinski definition) is 5. The number of ether oxygens (including phenoxy) is 2. The summed E-state index contributed by atoms with van der Waals surface area (Å²) in [4.78, 5) is 4.52. The smallest absolute Gasteiger partial charge is 0.208 e. The van der Waals surface area contributed by atoms with Gasteiger partial charge < -0.3 is 9.47 Å². The Morgan fingerprint density at radius 2 is 1.76 bits per heavy atom. The van der Waals surface area contributed by atoms with Gasteiger partial charge in [-0.05, 0) is 49.2 Å². The molecular formula is C19H21N3O2S. The molecule has 3 aromatic rings. The van der Waals surface area contributed by atoms with Crippen LogP contribution in [0, 0.1) is 13.8 Å². The number of aromatic amines is 1. The van der Waals surface area contributed by atoms with Crippen molar-refractivity contribution < 1.29 is 9.47 Å². The minimum Gasteiger partial charge on any atom is -0.497 e. The standard InChI is InChI=1S/C19H21N3O2S/c1-13-5-4-6-14(2)17(13)24-11-12-25-19-20-18(21-22-19)15-7-9-16(23-3)10-8-15/h4-10H,11-12H2,1-3H3,(H,20,21,22). The third-order valence-electron chi connectivity index (χ3n) is 3.80. The third-order valence-corrected chi connectivity index (χ3v) is 4.61. The van der Waals surface area contributed by atoms with Crippen molar-refractivity contribution in [1.82, 2.24) is 15.2 Å². The van der Waals surface area contributed by atoms with E-state index in [2.05, 4.69) is 41.2 Å². The Morgan fingerprint density at radius 1 is 1.04 bits per heavy atom. The molecule has 1 heterocycles. The molecule has 2 aromatic carbocycles. The molecular weight excluding hydrogens is 334 g/mol. The Labute approximate surface area is 151 Å². The van der Waals surface area contributed by atoms with Crippen LogP contribution < -0.4 is 9.47 Å². The van der Waals surface area contributed by atoms with Crippen LogP contribution in [-0.2, 0) is 0 Å². The average Bonchev–Trinajstić information content (AvgIpc) is 3.10. The van der Waals surface area contributed by atoms with Crippen molar-refractivity contribution in [3.8, 4) is 22.9 Å². The molecule has 0 aliphatic carbocycles. The maximum atomic E-state index is 5.91. The van der Waals surface area contributed by atoms with Crippen LogP contribution in [0.4, 0.5) is 0 Å². The zero-order chi connectivity index (χ0) is 17.6. The SMILES string of the molecule is COc1ccc(-c2nc(SCCOc3c(C)cccc3C)n[nH]2)cc1. The minimum atomic E-state index is 0.614. The second-order valence-corrected chi connectivity index (χ2v) is 6.68. The summed E-state index contributed by atoms with van der Waals surface area (Å²) in [5.41, 5.74) is 3.29. The highest BCUT2D eigenvalue weighted by molar-refractivity contribution is 7.99. The van der Waals surface area contributed by atoms with E-state index in [-0.39, 0.29) is 0 Å². The number of nitrogens with zero attached hydrogens (tertiary/aromatic N) is 2. The van der Waals surface area contributed by atoms with Crippen LogP contribution in [0.3, 0.4) is 0 Å². The van der Waals surface area contributed by atoms with Crippen molar-refractivity contribution in [2.45, 2.75) is 19.0 Å². The molecule has 6 heteroatoms. The molecule has 0 bridgehead atoms. The highest BCUT2D eigenvalue weighted by atomic mass is 32.2. The van der Waals surface area contributed by atoms with Crippen molar-refractivity contribution in [2.24, 2.45) is 0 Å². The molecule has 1 N–H and O–H groups in total. The number of thioether (sulfide) groups is 1. The monoisotopic (exact) mass is 355 g/mol. The van der Waals surface area contributed by atoms with E-state index in [1.807, 2.05) is 30.3 Å². The van der Waals surface area contributed by atoms with Crippen LogP contribution in [-0.4, -0.2) is 34.7 Å². The molecule has 0 unspecified atom stereocenters. The molecule has 0 fully saturated rings. The molecule has 3 rings (SSSR count). The maximum Gasteiger partial charge on any atom is 0.208 e. The summed E-state index contributed by atoms with van der Waals surface area (Å²) in [6, 6.07) is 13.9. The Kier molecular flexibility index (Phi) is 5.60. The van der Waals surface area contributed by atoms with Gasteiger partial charge in [-0.3, -0.25) is 5.10 Å². The van der Waals surface area contributed by atoms with Crippen molar-refractivity contribution in [2.75, 3.05) is 19.5 Å². The Hall–Kier alpha value is -2.47. The third kappa shape index (κ3) is 4.33. The highest BCUT2D eigenvalue weighted by Gasteiger charge is 2.07. The number of aryl methyl sites for hydroxylation is 2. The Morgan fingerprint density at radius 3 is 2.44 bits per heavy atom. The molecule has 0 radical (unpaired) electrons. The molecule has 5 nitrogen and oxygen atoms in total. The Bertz CT molecular complexity index is 811. The van der Waals surface area contributed by atoms with Gasteiger partial charge in [-0.2, -0.15) is 0 Å². The van der Waals surface area contributed by atoms with Crippen LogP contribution >= 0.6 is 11.8 Å². The molecule has 0 atom stereocenters. The van der Waals surface area contributed by atoms with E-state index in [1.54, 1.807) is 18.9 Å². The molecule has 0 aliphatic rings. The molecule has 130 valence electrons. The van der Waals surface area contributed by atoms with Gasteiger partial charge in [0.2, 0.25) is 5.16 Å². The van der Waals surface area contributed by atoms with E-state index in [0.717, 1.165) is 44.9 Å². The lowest BCUT2D eigenvalue weighted by atomic mass is 10.1. The summed E-state index contributed by atoms with van der Waals surface area (Å²) in [5, 5.41) is 7.95. The molecule has 0 spiro atoms. The van der Waals surface area contributed by atoms with Gasteiger partial charge in [0.05, 0.1) is 13.7 Å². The number of H-pyrrole nitrogens is 1. The summed E-state index contributed by atoms with van der Waals surface area (Å²) in [6.07, 6.45) is 0. The Balaban J connectivity index is 1.53. The summed E-state index contributed by atoms with van der Waals surface area (Å²) in [5.74, 6) is 3.33. The quantitative estimate of drug-likeness (QED) is 0.507. The van der Waals surface area contributed by atoms with Gasteiger partial charge in [-0.15, -0.1) is 5.10 Å². The number of hydrogen-bond donors (Lipinski definition) is 1. The zero-order valence-electron chi connectivity index (χ0n) is 14.6. The summed E-state index contributed by atoms with van der Waals surface area (Å²) >= 11 is 1.57. The van der Waals surface area contributed by atoms with E-state index in [9.17, 15) is 0 Å². The largest absolute Gasteiger partial charge is 0.497 e. The molecule has 0 saturated carbocycles. The van der Waals surface area contributed by atoms with Gasteiger partial charge in [0, 0.05) is 11.3 Å². The van der Waals surface area contributed by atoms with Gasteiger partial charge in [-0.25, -0.2) is 4.98 Å². The topological polar surface area (TPSA) is 60.0 Å². The first-order chi connectivity index (χ1) is 12.2. The van der Waals surface area contributed by atoms with Crippen molar-refractivity contribution in [1.29, 1.82) is 0 Å². The fourth-order valence-electron chi connectivity index (χ4n) is 2.49. The lowest BCUT2D eigenvalue weighted by Gasteiger charge is -2.11. The number of rotatable bonds is 7. The number of aromatic nitrogens is 3. The predicted octanol–water partition coefficient (Wildman–Crippen LogP) is 4.27. The first kappa shape index (κ1) is 17.4. The van der Waals surface area contributed by atoms with Gasteiger partial charge in [0.25, 0.3) is 0 Å². The first-order valence-electron chi connectivity index (χ1n) is 8.06. The number of benzene rings is 2. The van der Waals surface area contributed by atoms with Crippen LogP contribution in [0.5, 0.6) is 11.5 Å². The van der Waals surface area contributed by atoms with Crippen LogP contribution in [0.2, 0.25) is 0 Å². The second-order valence-electron chi connectivity index (χ2n) is 5.61. The molecule has 0 aliphatic heterocycles. The van der Waals surface area contributed by atoms with Gasteiger partial charge in [0.1, 0.15) is 11.5 Å². The minimum absolute atomic E-state index is 0.614. The number of para-hydroxylation sites is 1. The van der Waals surface area contributed by atoms with Crippen molar-refractivity contribution in [3.63, 3.8) is 0 Å². The molecule has 0 saturated heterocycles. The highest BCUT2D eigenvalue weighted by Crippen LogP contribution is 2.24. The lowest BCUT2D eigenvalue weighted by molar-refractivity contribution is 0.339. The lowest BCUT2D eigenvalue weighted by Crippen LogP contribution is -2.03. The normalized spacial score (nSPS) is 10.7. The van der Waals surface area contributed by atoms with Crippen LogP contribution in [0.15, 0.2) is 47.6 Å². The van der Waals surface area contributed by atoms with E-state index < -0.39 is 0 Å². The number of nitrogens with one attached hydrogen (secondary N) is 1. The van der Waals surface area contributed by atoms with Crippen LogP contribution in [0.25, 0.3) is 11.4 Å². The molecule has 25 heavy (non-hydrogen) atoms. The second kappa shape index (κ2) is 8.07. The van der Waals surface area contributed by atoms with Gasteiger partial charge in [-0.1, -0.05) is 30.0 Å². The fraction of sp³-hybridized carbons (Fsp3) is 0.263. The summed E-state index contributed by atoms with van der Waals surface area (Å²) in [7, 11) is 1.65. The fourth-order valence-corrected chi connectivity index (χ4v) is 3.11. The van der Waals surface area contributed by atoms with E-state index in [0.29, 0.717) is 6.61 Å². The van der Waals surface area contributed by atoms with Gasteiger partial charge in [0.15, 0.2) is 5.82 Å². The first-order valence-corrected chi connectivity index (χ1v) is 9.04. The van der Waals surface area contributed by atoms with E-state index in [4.69, 9.17) is 9.47 Å². The molecule has 0 amide bonds. The van der Waals surface area contributed by atoms with Crippen molar-refractivity contribution >= 4 is 11.8 Å². The number of methoxy groups -OCH3 is 1. The predicted molar refractivity (Wildman–Crippen MR) is 101 cm³/mol. The van der Waals surface area contributed by atoms with E-state index >= 15 is 0 Å². The average molecular weight is 355 g/mol. The summed E-state index contributed by atoms with van der Waals surface area (Å²) < 4.78 is 11.1. The van der Waals surface area contributed by atoms with E-state index in [1.165, 1.54) is 0 Å². The maximum absolute atomic E-state index is 5.91. The zero-order valence-corrected chi connectivity index (χ0v) is 15.4. The van der Waals surface area contributed by atoms with Crippen molar-refractivity contribution in [3.05, 3.63) is 53.6 Å². The molecule has 1 aromatic heterocycles. The summed E-state index contributed by atoms with van der Waals surface area (Å²) in [6.45, 7) is 4.74.